The molecule has 0 heterocycles. The minimum Gasteiger partial charge on any atom is -0.394 e. The van der Waals surface area contributed by atoms with Crippen molar-refractivity contribution in [3.63, 3.8) is 0 Å². The number of para-hydroxylation sites is 2. The van der Waals surface area contributed by atoms with Gasteiger partial charge in [-0.1, -0.05) is 84.9 Å². The zero-order valence-corrected chi connectivity index (χ0v) is 31.5. The molecule has 0 amide bonds. The van der Waals surface area contributed by atoms with E-state index in [4.69, 9.17) is 17.7 Å². The summed E-state index contributed by atoms with van der Waals surface area (Å²) >= 11 is 0. The Kier molecular flexibility index (Phi) is 10.8. The van der Waals surface area contributed by atoms with Crippen molar-refractivity contribution in [2.75, 3.05) is 38.2 Å². The van der Waals surface area contributed by atoms with Crippen LogP contribution in [0.4, 0.5) is 34.1 Å². The van der Waals surface area contributed by atoms with Crippen LogP contribution in [0, 0.1) is 0 Å². The Morgan fingerprint density at radius 2 is 0.560 bits per heavy atom. The summed E-state index contributed by atoms with van der Waals surface area (Å²) in [5, 5.41) is 2.17. The lowest BCUT2D eigenvalue weighted by Gasteiger charge is -2.28. The van der Waals surface area contributed by atoms with Gasteiger partial charge in [0, 0.05) is 62.6 Å². The first-order valence-corrected chi connectivity index (χ1v) is 21.3. The second-order valence-electron chi connectivity index (χ2n) is 12.2. The Balaban J connectivity index is 1.29. The van der Waals surface area contributed by atoms with Crippen molar-refractivity contribution in [2.45, 2.75) is 13.1 Å². The molecule has 0 unspecified atom stereocenters. The molecule has 6 aromatic rings. The fourth-order valence-corrected chi connectivity index (χ4v) is 8.94. The normalized spacial score (nSPS) is 11.7. The van der Waals surface area contributed by atoms with Gasteiger partial charge in [0.15, 0.2) is 0 Å². The molecule has 0 N–H and O–H groups in total. The van der Waals surface area contributed by atoms with Crippen molar-refractivity contribution in [1.82, 2.24) is 0 Å². The van der Waals surface area contributed by atoms with Gasteiger partial charge < -0.3 is 27.5 Å². The van der Waals surface area contributed by atoms with E-state index in [1.807, 2.05) is 12.1 Å². The average molecular weight is 697 g/mol. The van der Waals surface area contributed by atoms with Crippen molar-refractivity contribution in [3.8, 4) is 11.1 Å². The molecule has 50 heavy (non-hydrogen) atoms. The van der Waals surface area contributed by atoms with Gasteiger partial charge in [-0.25, -0.2) is 0 Å². The summed E-state index contributed by atoms with van der Waals surface area (Å²) in [6.45, 7) is 4.11. The van der Waals surface area contributed by atoms with Crippen molar-refractivity contribution in [3.05, 3.63) is 158 Å². The molecular weight excluding hydrogens is 653 g/mol. The number of hydrogen-bond donors (Lipinski definition) is 0. The minimum absolute atomic E-state index is 1.06. The summed E-state index contributed by atoms with van der Waals surface area (Å²) in [7, 11) is 2.02. The van der Waals surface area contributed by atoms with E-state index in [1.165, 1.54) is 0 Å². The van der Waals surface area contributed by atoms with E-state index in [1.54, 1.807) is 28.4 Å². The van der Waals surface area contributed by atoms with Crippen LogP contribution in [-0.4, -0.2) is 45.6 Å². The van der Waals surface area contributed by atoms with Crippen LogP contribution in [0.1, 0.15) is 0 Å². The fraction of sp³-hybridized carbons (Fsp3) is 0.143. The molecule has 0 aliphatic heterocycles. The van der Waals surface area contributed by atoms with E-state index < -0.39 is 17.1 Å². The molecule has 0 aliphatic rings. The summed E-state index contributed by atoms with van der Waals surface area (Å²) < 4.78 is 23.1. The van der Waals surface area contributed by atoms with Gasteiger partial charge >= 0.3 is 17.1 Å². The second kappa shape index (κ2) is 15.4. The first-order valence-electron chi connectivity index (χ1n) is 16.6. The number of nitrogens with zero attached hydrogens (tertiary/aromatic N) is 2. The molecule has 0 bridgehead atoms. The van der Waals surface area contributed by atoms with Crippen molar-refractivity contribution in [2.24, 2.45) is 0 Å². The smallest absolute Gasteiger partial charge is 0.368 e. The highest BCUT2D eigenvalue weighted by molar-refractivity contribution is 6.80. The predicted molar refractivity (Wildman–Crippen MR) is 212 cm³/mol. The molecule has 8 heteroatoms. The number of anilines is 6. The Labute approximate surface area is 298 Å². The molecule has 0 fully saturated rings. The third-order valence-electron chi connectivity index (χ3n) is 9.47. The third kappa shape index (κ3) is 7.22. The number of rotatable bonds is 13. The van der Waals surface area contributed by atoms with Crippen LogP contribution in [0.3, 0.4) is 0 Å². The average Bonchev–Trinajstić information content (AvgIpc) is 3.19. The van der Waals surface area contributed by atoms with Crippen LogP contribution in [0.15, 0.2) is 158 Å². The Morgan fingerprint density at radius 1 is 0.320 bits per heavy atom. The van der Waals surface area contributed by atoms with Crippen LogP contribution in [0.2, 0.25) is 13.1 Å². The van der Waals surface area contributed by atoms with Crippen molar-refractivity contribution >= 4 is 61.6 Å². The lowest BCUT2D eigenvalue weighted by Crippen LogP contribution is -2.49. The highest BCUT2D eigenvalue weighted by atomic mass is 28.4. The standard InChI is InChI=1S/C42H44N2O4Si2/c1-45-49(5,46-2)41-29-25-39(26-30-41)43(35-13-9-7-10-14-35)37-21-17-33(18-22-37)34-19-23-38(24-20-34)44(36-15-11-8-12-16-36)40-27-31-42(32-28-40)50(6,47-3)48-4/h7-32H,1-6H3. The van der Waals surface area contributed by atoms with Crippen molar-refractivity contribution in [1.29, 1.82) is 0 Å². The monoisotopic (exact) mass is 696 g/mol. The fourth-order valence-electron chi connectivity index (χ4n) is 6.12. The van der Waals surface area contributed by atoms with Gasteiger partial charge in [-0.2, -0.15) is 0 Å². The first kappa shape index (κ1) is 35.0. The predicted octanol–water partition coefficient (Wildman–Crippen LogP) is 9.44. The molecule has 0 saturated carbocycles. The summed E-state index contributed by atoms with van der Waals surface area (Å²) in [6, 6.07) is 55.4. The van der Waals surface area contributed by atoms with E-state index in [-0.39, 0.29) is 0 Å². The summed E-state index contributed by atoms with van der Waals surface area (Å²) in [6.07, 6.45) is 0. The number of benzene rings is 6. The molecule has 6 rings (SSSR count). The van der Waals surface area contributed by atoms with Crippen LogP contribution in [0.25, 0.3) is 11.1 Å². The maximum atomic E-state index is 5.78. The van der Waals surface area contributed by atoms with Gasteiger partial charge in [-0.3, -0.25) is 0 Å². The first-order chi connectivity index (χ1) is 24.3. The SMILES string of the molecule is CO[Si](C)(OC)c1ccc(N(c2ccccc2)c2ccc(-c3ccc(N(c4ccccc4)c4ccc([Si](C)(OC)OC)cc4)cc3)cc2)cc1. The second-order valence-corrected chi connectivity index (χ2v) is 18.8. The van der Waals surface area contributed by atoms with Gasteiger partial charge in [0.1, 0.15) is 0 Å². The summed E-state index contributed by atoms with van der Waals surface area (Å²) in [5.41, 5.74) is 8.72. The topological polar surface area (TPSA) is 43.4 Å². The highest BCUT2D eigenvalue weighted by Gasteiger charge is 2.32. The van der Waals surface area contributed by atoms with E-state index >= 15 is 0 Å². The van der Waals surface area contributed by atoms with E-state index in [9.17, 15) is 0 Å². The van der Waals surface area contributed by atoms with E-state index in [0.717, 1.165) is 55.6 Å². The lowest BCUT2D eigenvalue weighted by molar-refractivity contribution is 0.265. The lowest BCUT2D eigenvalue weighted by atomic mass is 10.0. The van der Waals surface area contributed by atoms with Gasteiger partial charge in [0.2, 0.25) is 0 Å². The van der Waals surface area contributed by atoms with Crippen LogP contribution < -0.4 is 20.2 Å². The van der Waals surface area contributed by atoms with Gasteiger partial charge in [-0.15, -0.1) is 0 Å². The van der Waals surface area contributed by atoms with Crippen molar-refractivity contribution < 1.29 is 17.7 Å². The molecule has 6 nitrogen and oxygen atoms in total. The maximum Gasteiger partial charge on any atom is 0.368 e. The molecular formula is C42H44N2O4Si2. The zero-order chi connectivity index (χ0) is 35.1. The van der Waals surface area contributed by atoms with Gasteiger partial charge in [0.25, 0.3) is 0 Å². The third-order valence-corrected chi connectivity index (χ3v) is 15.4. The van der Waals surface area contributed by atoms with Crippen LogP contribution in [0.5, 0.6) is 0 Å². The van der Waals surface area contributed by atoms with Gasteiger partial charge in [0.05, 0.1) is 0 Å². The molecule has 254 valence electrons. The zero-order valence-electron chi connectivity index (χ0n) is 29.5. The van der Waals surface area contributed by atoms with Gasteiger partial charge in [-0.05, 0) is 107 Å². The van der Waals surface area contributed by atoms with E-state index in [2.05, 4.69) is 168 Å². The number of hydrogen-bond acceptors (Lipinski definition) is 6. The Hall–Kier alpha value is -4.81. The quantitative estimate of drug-likeness (QED) is 0.112. The molecule has 0 spiro atoms. The molecule has 0 radical (unpaired) electrons. The van der Waals surface area contributed by atoms with E-state index in [0.29, 0.717) is 0 Å². The minimum atomic E-state index is -2.43. The maximum absolute atomic E-state index is 5.78. The molecule has 0 aliphatic carbocycles. The molecule has 0 saturated heterocycles. The van der Waals surface area contributed by atoms with Crippen LogP contribution >= 0.6 is 0 Å². The van der Waals surface area contributed by atoms with Crippen LogP contribution in [-0.2, 0) is 17.7 Å². The summed E-state index contributed by atoms with van der Waals surface area (Å²) in [5.74, 6) is 0. The highest BCUT2D eigenvalue weighted by Crippen LogP contribution is 2.37. The molecule has 6 aromatic carbocycles. The Bertz CT molecular complexity index is 1800. The largest absolute Gasteiger partial charge is 0.394 e. The molecule has 0 aromatic heterocycles. The summed E-state index contributed by atoms with van der Waals surface area (Å²) in [4.78, 5) is 4.53. The Morgan fingerprint density at radius 3 is 0.820 bits per heavy atom. The molecule has 0 atom stereocenters.